The summed E-state index contributed by atoms with van der Waals surface area (Å²) >= 11 is 1.77. The van der Waals surface area contributed by atoms with E-state index in [2.05, 4.69) is 61.9 Å². The smallest absolute Gasteiger partial charge is 0.191 e. The van der Waals surface area contributed by atoms with Crippen LogP contribution in [0.1, 0.15) is 16.0 Å². The molecule has 1 saturated heterocycles. The maximum Gasteiger partial charge on any atom is 0.191 e. The molecule has 0 atom stereocenters. The summed E-state index contributed by atoms with van der Waals surface area (Å²) in [5.41, 5.74) is 2.52. The molecule has 27 heavy (non-hydrogen) atoms. The Morgan fingerprint density at radius 1 is 1.19 bits per heavy atom. The summed E-state index contributed by atoms with van der Waals surface area (Å²) < 4.78 is 0. The van der Waals surface area contributed by atoms with E-state index < -0.39 is 0 Å². The fourth-order valence-electron chi connectivity index (χ4n) is 3.02. The molecule has 3 heterocycles. The van der Waals surface area contributed by atoms with Gasteiger partial charge in [-0.1, -0.05) is 6.07 Å². The molecule has 1 aliphatic rings. The van der Waals surface area contributed by atoms with E-state index in [4.69, 9.17) is 0 Å². The van der Waals surface area contributed by atoms with Crippen molar-refractivity contribution in [3.05, 3.63) is 45.8 Å². The van der Waals surface area contributed by atoms with Gasteiger partial charge < -0.3 is 20.4 Å². The van der Waals surface area contributed by atoms with Gasteiger partial charge in [-0.15, -0.1) is 35.3 Å². The molecule has 2 aromatic rings. The zero-order valence-corrected chi connectivity index (χ0v) is 19.4. The number of nitrogens with zero attached hydrogens (tertiary/aromatic N) is 4. The number of hydrogen-bond donors (Lipinski definition) is 2. The normalized spacial score (nSPS) is 15.4. The average Bonchev–Trinajstić information content (AvgIpc) is 3.08. The molecular weight excluding hydrogens is 471 g/mol. The summed E-state index contributed by atoms with van der Waals surface area (Å²) in [5, 5.41) is 8.94. The van der Waals surface area contributed by atoms with Crippen molar-refractivity contribution >= 4 is 47.1 Å². The van der Waals surface area contributed by atoms with Crippen LogP contribution < -0.4 is 15.5 Å². The van der Waals surface area contributed by atoms with Crippen LogP contribution in [0.5, 0.6) is 0 Å². The summed E-state index contributed by atoms with van der Waals surface area (Å²) in [7, 11) is 3.98. The van der Waals surface area contributed by atoms with Crippen LogP contribution >= 0.6 is 35.3 Å². The molecule has 0 saturated carbocycles. The average molecular weight is 500 g/mol. The second-order valence-corrected chi connectivity index (χ2v) is 7.58. The summed E-state index contributed by atoms with van der Waals surface area (Å²) in [6.07, 6.45) is 1.88. The third-order valence-electron chi connectivity index (χ3n) is 4.72. The lowest BCUT2D eigenvalue weighted by molar-refractivity contribution is 0.312. The number of likely N-dealkylation sites (N-methyl/N-ethyl adjacent to an activating group) is 1. The minimum absolute atomic E-state index is 0. The summed E-state index contributed by atoms with van der Waals surface area (Å²) in [6, 6.07) is 6.29. The Labute approximate surface area is 183 Å². The highest BCUT2D eigenvalue weighted by Crippen LogP contribution is 2.18. The van der Waals surface area contributed by atoms with Crippen molar-refractivity contribution in [3.8, 4) is 0 Å². The number of halogens is 1. The minimum Gasteiger partial charge on any atom is -0.354 e. The topological polar surface area (TPSA) is 55.8 Å². The van der Waals surface area contributed by atoms with Gasteiger partial charge in [0.15, 0.2) is 5.96 Å². The van der Waals surface area contributed by atoms with E-state index in [9.17, 15) is 0 Å². The summed E-state index contributed by atoms with van der Waals surface area (Å²) in [4.78, 5) is 15.1. The van der Waals surface area contributed by atoms with Crippen molar-refractivity contribution in [3.63, 3.8) is 0 Å². The SMILES string of the molecule is CN=C(NCc1cccnc1N1CCN(C)CC1)NCc1sccc1C.I. The number of aryl methyl sites for hydroxylation is 1. The lowest BCUT2D eigenvalue weighted by atomic mass is 10.2. The first kappa shape index (κ1) is 21.9. The van der Waals surface area contributed by atoms with Crippen molar-refractivity contribution < 1.29 is 0 Å². The van der Waals surface area contributed by atoms with Gasteiger partial charge in [-0.2, -0.15) is 0 Å². The van der Waals surface area contributed by atoms with Crippen molar-refractivity contribution in [2.24, 2.45) is 4.99 Å². The number of guanidine groups is 1. The number of thiophene rings is 1. The Bertz CT molecular complexity index is 739. The Morgan fingerprint density at radius 2 is 1.93 bits per heavy atom. The minimum atomic E-state index is 0. The van der Waals surface area contributed by atoms with Crippen molar-refractivity contribution in [1.82, 2.24) is 20.5 Å². The van der Waals surface area contributed by atoms with E-state index in [0.29, 0.717) is 6.54 Å². The van der Waals surface area contributed by atoms with Crippen LogP contribution in [0.4, 0.5) is 5.82 Å². The zero-order valence-electron chi connectivity index (χ0n) is 16.2. The first-order chi connectivity index (χ1) is 12.7. The van der Waals surface area contributed by atoms with Gasteiger partial charge in [0.1, 0.15) is 5.82 Å². The second kappa shape index (κ2) is 10.8. The van der Waals surface area contributed by atoms with E-state index in [-0.39, 0.29) is 24.0 Å². The molecule has 0 amide bonds. The molecule has 2 aromatic heterocycles. The largest absolute Gasteiger partial charge is 0.354 e. The Morgan fingerprint density at radius 3 is 2.59 bits per heavy atom. The molecular formula is C19H29IN6S. The number of anilines is 1. The molecule has 2 N–H and O–H groups in total. The molecule has 1 fully saturated rings. The Kier molecular flexibility index (Phi) is 8.78. The Balaban J connectivity index is 0.00000261. The van der Waals surface area contributed by atoms with Crippen LogP contribution in [0.2, 0.25) is 0 Å². The van der Waals surface area contributed by atoms with E-state index in [1.807, 2.05) is 12.3 Å². The lowest BCUT2D eigenvalue weighted by Gasteiger charge is -2.34. The molecule has 0 spiro atoms. The Hall–Kier alpha value is -1.39. The van der Waals surface area contributed by atoms with Crippen LogP contribution in [0, 0.1) is 6.92 Å². The number of rotatable bonds is 5. The highest BCUT2D eigenvalue weighted by molar-refractivity contribution is 14.0. The lowest BCUT2D eigenvalue weighted by Crippen LogP contribution is -2.45. The van der Waals surface area contributed by atoms with Gasteiger partial charge >= 0.3 is 0 Å². The number of aromatic nitrogens is 1. The molecule has 0 aliphatic carbocycles. The van der Waals surface area contributed by atoms with E-state index in [1.165, 1.54) is 16.0 Å². The van der Waals surface area contributed by atoms with Gasteiger partial charge in [-0.05, 0) is 37.0 Å². The van der Waals surface area contributed by atoms with E-state index in [0.717, 1.165) is 44.5 Å². The van der Waals surface area contributed by atoms with Gasteiger partial charge in [0, 0.05) is 56.4 Å². The third-order valence-corrected chi connectivity index (χ3v) is 5.75. The first-order valence-electron chi connectivity index (χ1n) is 9.02. The molecule has 0 bridgehead atoms. The molecule has 0 aromatic carbocycles. The van der Waals surface area contributed by atoms with Crippen molar-refractivity contribution in [2.45, 2.75) is 20.0 Å². The van der Waals surface area contributed by atoms with Crippen LogP contribution in [0.25, 0.3) is 0 Å². The van der Waals surface area contributed by atoms with Gasteiger partial charge in [0.25, 0.3) is 0 Å². The molecule has 1 aliphatic heterocycles. The van der Waals surface area contributed by atoms with Crippen molar-refractivity contribution in [1.29, 1.82) is 0 Å². The standard InChI is InChI=1S/C19H28N6S.HI/c1-15-6-12-26-17(15)14-23-19(20-2)22-13-16-5-4-7-21-18(16)25-10-8-24(3)9-11-25;/h4-7,12H,8-11,13-14H2,1-3H3,(H2,20,22,23);1H. The summed E-state index contributed by atoms with van der Waals surface area (Å²) in [6.45, 7) is 7.83. The molecule has 3 rings (SSSR count). The number of piperazine rings is 1. The van der Waals surface area contributed by atoms with Gasteiger partial charge in [-0.25, -0.2) is 4.98 Å². The number of pyridine rings is 1. The number of aliphatic imine (C=N–C) groups is 1. The molecule has 6 nitrogen and oxygen atoms in total. The van der Waals surface area contributed by atoms with Gasteiger partial charge in [-0.3, -0.25) is 4.99 Å². The number of hydrogen-bond acceptors (Lipinski definition) is 5. The van der Waals surface area contributed by atoms with Crippen LogP contribution in [0.3, 0.4) is 0 Å². The first-order valence-corrected chi connectivity index (χ1v) is 9.90. The van der Waals surface area contributed by atoms with E-state index >= 15 is 0 Å². The van der Waals surface area contributed by atoms with E-state index in [1.54, 1.807) is 18.4 Å². The van der Waals surface area contributed by atoms with Crippen LogP contribution in [0.15, 0.2) is 34.8 Å². The third kappa shape index (κ3) is 6.05. The monoisotopic (exact) mass is 500 g/mol. The predicted octanol–water partition coefficient (Wildman–Crippen LogP) is 2.69. The van der Waals surface area contributed by atoms with Gasteiger partial charge in [0.2, 0.25) is 0 Å². The van der Waals surface area contributed by atoms with Crippen molar-refractivity contribution in [2.75, 3.05) is 45.2 Å². The maximum absolute atomic E-state index is 4.64. The fraction of sp³-hybridized carbons (Fsp3) is 0.474. The molecule has 0 radical (unpaired) electrons. The van der Waals surface area contributed by atoms with Gasteiger partial charge in [0.05, 0.1) is 6.54 Å². The quantitative estimate of drug-likeness (QED) is 0.376. The molecule has 8 heteroatoms. The fourth-order valence-corrected chi connectivity index (χ4v) is 3.87. The second-order valence-electron chi connectivity index (χ2n) is 6.58. The highest BCUT2D eigenvalue weighted by Gasteiger charge is 2.18. The predicted molar refractivity (Wildman–Crippen MR) is 125 cm³/mol. The van der Waals surface area contributed by atoms with Crippen LogP contribution in [-0.4, -0.2) is 56.1 Å². The molecule has 148 valence electrons. The molecule has 0 unspecified atom stereocenters. The highest BCUT2D eigenvalue weighted by atomic mass is 127. The number of nitrogens with one attached hydrogen (secondary N) is 2. The maximum atomic E-state index is 4.64. The van der Waals surface area contributed by atoms with Crippen LogP contribution in [-0.2, 0) is 13.1 Å². The summed E-state index contributed by atoms with van der Waals surface area (Å²) in [5.74, 6) is 1.89. The zero-order chi connectivity index (χ0) is 18.4.